The number of hydrogen-bond donors (Lipinski definition) is 2. The summed E-state index contributed by atoms with van der Waals surface area (Å²) < 4.78 is 0. The Kier molecular flexibility index (Phi) is 5.45. The van der Waals surface area contributed by atoms with Crippen LogP contribution in [0.1, 0.15) is 31.9 Å². The predicted molar refractivity (Wildman–Crippen MR) is 72.3 cm³/mol. The lowest BCUT2D eigenvalue weighted by atomic mass is 10.1. The van der Waals surface area contributed by atoms with Crippen LogP contribution < -0.4 is 5.32 Å². The first kappa shape index (κ1) is 14.0. The fourth-order valence-corrected chi connectivity index (χ4v) is 1.85. The van der Waals surface area contributed by atoms with Crippen LogP contribution in [0.3, 0.4) is 0 Å². The van der Waals surface area contributed by atoms with Crippen molar-refractivity contribution in [2.45, 2.75) is 32.4 Å². The quantitative estimate of drug-likeness (QED) is 0.796. The summed E-state index contributed by atoms with van der Waals surface area (Å²) in [6, 6.07) is 8.17. The maximum atomic E-state index is 9.44. The highest BCUT2D eigenvalue weighted by atomic mass is 16.3. The van der Waals surface area contributed by atoms with Crippen molar-refractivity contribution < 1.29 is 5.11 Å². The topological polar surface area (TPSA) is 35.5 Å². The van der Waals surface area contributed by atoms with E-state index in [0.29, 0.717) is 11.8 Å². The molecule has 3 nitrogen and oxygen atoms in total. The fraction of sp³-hybridized carbons (Fsp3) is 0.571. The average Bonchev–Trinajstić information content (AvgIpc) is 2.26. The molecule has 1 aromatic carbocycles. The molecule has 0 aliphatic carbocycles. The number of nitrogens with zero attached hydrogens (tertiary/aromatic N) is 1. The Labute approximate surface area is 104 Å². The van der Waals surface area contributed by atoms with Gasteiger partial charge in [-0.3, -0.25) is 0 Å². The van der Waals surface area contributed by atoms with Crippen LogP contribution in [-0.2, 0) is 0 Å². The second-order valence-electron chi connectivity index (χ2n) is 4.98. The van der Waals surface area contributed by atoms with E-state index in [1.54, 1.807) is 6.07 Å². The minimum absolute atomic E-state index is 0.263. The van der Waals surface area contributed by atoms with Gasteiger partial charge in [0.25, 0.3) is 0 Å². The maximum absolute atomic E-state index is 9.44. The standard InChI is InChI=1S/C14H24N2O/c1-11(8-9-16(3)4)15-12(2)13-6-5-7-14(17)10-13/h5-7,10-12,15,17H,8-9H2,1-4H3. The zero-order valence-corrected chi connectivity index (χ0v) is 11.3. The molecular weight excluding hydrogens is 212 g/mol. The van der Waals surface area contributed by atoms with E-state index in [1.165, 1.54) is 0 Å². The Morgan fingerprint density at radius 2 is 2.00 bits per heavy atom. The van der Waals surface area contributed by atoms with Crippen molar-refractivity contribution in [3.8, 4) is 5.75 Å². The van der Waals surface area contributed by atoms with E-state index < -0.39 is 0 Å². The first-order valence-corrected chi connectivity index (χ1v) is 6.18. The molecule has 0 radical (unpaired) electrons. The lowest BCUT2D eigenvalue weighted by molar-refractivity contribution is 0.354. The number of phenols is 1. The lowest BCUT2D eigenvalue weighted by Crippen LogP contribution is -2.31. The van der Waals surface area contributed by atoms with Crippen LogP contribution in [-0.4, -0.2) is 36.7 Å². The third-order valence-corrected chi connectivity index (χ3v) is 2.91. The molecule has 0 amide bonds. The van der Waals surface area contributed by atoms with Gasteiger partial charge in [0, 0.05) is 12.1 Å². The van der Waals surface area contributed by atoms with Crippen molar-refractivity contribution >= 4 is 0 Å². The highest BCUT2D eigenvalue weighted by Crippen LogP contribution is 2.18. The molecule has 0 saturated carbocycles. The molecule has 1 rings (SSSR count). The van der Waals surface area contributed by atoms with Gasteiger partial charge in [0.15, 0.2) is 0 Å². The Morgan fingerprint density at radius 1 is 1.29 bits per heavy atom. The molecule has 1 aromatic rings. The molecule has 0 heterocycles. The van der Waals surface area contributed by atoms with Gasteiger partial charge in [0.2, 0.25) is 0 Å². The van der Waals surface area contributed by atoms with Crippen molar-refractivity contribution in [2.75, 3.05) is 20.6 Å². The molecule has 2 unspecified atom stereocenters. The molecule has 96 valence electrons. The highest BCUT2D eigenvalue weighted by Gasteiger charge is 2.09. The summed E-state index contributed by atoms with van der Waals surface area (Å²) in [5, 5.41) is 13.0. The van der Waals surface area contributed by atoms with Crippen LogP contribution in [0.2, 0.25) is 0 Å². The molecule has 0 aromatic heterocycles. The van der Waals surface area contributed by atoms with Crippen LogP contribution in [0.15, 0.2) is 24.3 Å². The number of nitrogens with one attached hydrogen (secondary N) is 1. The summed E-state index contributed by atoms with van der Waals surface area (Å²) in [4.78, 5) is 2.19. The molecule has 0 bridgehead atoms. The van der Waals surface area contributed by atoms with Gasteiger partial charge in [0.05, 0.1) is 0 Å². The minimum Gasteiger partial charge on any atom is -0.508 e. The van der Waals surface area contributed by atoms with Gasteiger partial charge in [-0.15, -0.1) is 0 Å². The van der Waals surface area contributed by atoms with Crippen molar-refractivity contribution in [1.29, 1.82) is 0 Å². The summed E-state index contributed by atoms with van der Waals surface area (Å²) in [6.45, 7) is 5.41. The Hall–Kier alpha value is -1.06. The van der Waals surface area contributed by atoms with E-state index in [2.05, 4.69) is 38.2 Å². The molecular formula is C14H24N2O. The SMILES string of the molecule is CC(CCN(C)C)NC(C)c1cccc(O)c1. The van der Waals surface area contributed by atoms with Crippen LogP contribution in [0, 0.1) is 0 Å². The van der Waals surface area contributed by atoms with E-state index in [9.17, 15) is 5.11 Å². The van der Waals surface area contributed by atoms with Crippen LogP contribution in [0.4, 0.5) is 0 Å². The van der Waals surface area contributed by atoms with E-state index in [0.717, 1.165) is 18.5 Å². The fourth-order valence-electron chi connectivity index (χ4n) is 1.85. The summed E-state index contributed by atoms with van der Waals surface area (Å²) in [7, 11) is 4.18. The van der Waals surface area contributed by atoms with Crippen molar-refractivity contribution in [1.82, 2.24) is 10.2 Å². The molecule has 17 heavy (non-hydrogen) atoms. The first-order chi connectivity index (χ1) is 7.99. The van der Waals surface area contributed by atoms with E-state index in [4.69, 9.17) is 0 Å². The van der Waals surface area contributed by atoms with Gasteiger partial charge in [0.1, 0.15) is 5.75 Å². The number of rotatable bonds is 6. The van der Waals surface area contributed by atoms with Crippen LogP contribution in [0.25, 0.3) is 0 Å². The zero-order valence-electron chi connectivity index (χ0n) is 11.3. The average molecular weight is 236 g/mol. The largest absolute Gasteiger partial charge is 0.508 e. The van der Waals surface area contributed by atoms with Gasteiger partial charge in [-0.05, 0) is 58.6 Å². The smallest absolute Gasteiger partial charge is 0.115 e. The minimum atomic E-state index is 0.263. The summed E-state index contributed by atoms with van der Waals surface area (Å²) in [5.41, 5.74) is 1.13. The Balaban J connectivity index is 2.45. The van der Waals surface area contributed by atoms with Gasteiger partial charge in [-0.25, -0.2) is 0 Å². The normalized spacial score (nSPS) is 14.9. The van der Waals surface area contributed by atoms with Gasteiger partial charge in [-0.1, -0.05) is 12.1 Å². The van der Waals surface area contributed by atoms with Crippen LogP contribution >= 0.6 is 0 Å². The van der Waals surface area contributed by atoms with Gasteiger partial charge in [-0.2, -0.15) is 0 Å². The van der Waals surface area contributed by atoms with Crippen molar-refractivity contribution in [3.63, 3.8) is 0 Å². The maximum Gasteiger partial charge on any atom is 0.115 e. The lowest BCUT2D eigenvalue weighted by Gasteiger charge is -2.22. The second kappa shape index (κ2) is 6.62. The van der Waals surface area contributed by atoms with E-state index >= 15 is 0 Å². The number of phenolic OH excluding ortho intramolecular Hbond substituents is 1. The number of aromatic hydroxyl groups is 1. The van der Waals surface area contributed by atoms with Gasteiger partial charge < -0.3 is 15.3 Å². The molecule has 0 spiro atoms. The second-order valence-corrected chi connectivity index (χ2v) is 4.98. The first-order valence-electron chi connectivity index (χ1n) is 6.18. The third-order valence-electron chi connectivity index (χ3n) is 2.91. The summed E-state index contributed by atoms with van der Waals surface area (Å²) in [6.07, 6.45) is 1.12. The molecule has 2 N–H and O–H groups in total. The summed E-state index contributed by atoms with van der Waals surface area (Å²) in [5.74, 6) is 0.331. The molecule has 0 fully saturated rings. The molecule has 0 aliphatic heterocycles. The van der Waals surface area contributed by atoms with E-state index in [1.807, 2.05) is 18.2 Å². The van der Waals surface area contributed by atoms with Gasteiger partial charge >= 0.3 is 0 Å². The zero-order chi connectivity index (χ0) is 12.8. The molecule has 2 atom stereocenters. The number of benzene rings is 1. The monoisotopic (exact) mass is 236 g/mol. The van der Waals surface area contributed by atoms with E-state index in [-0.39, 0.29) is 6.04 Å². The molecule has 0 aliphatic rings. The van der Waals surface area contributed by atoms with Crippen LogP contribution in [0.5, 0.6) is 5.75 Å². The molecule has 0 saturated heterocycles. The highest BCUT2D eigenvalue weighted by molar-refractivity contribution is 5.29. The number of hydrogen-bond acceptors (Lipinski definition) is 3. The third kappa shape index (κ3) is 5.20. The Bertz CT molecular complexity index is 339. The summed E-state index contributed by atoms with van der Waals surface area (Å²) >= 11 is 0. The Morgan fingerprint density at radius 3 is 2.59 bits per heavy atom. The molecule has 3 heteroatoms. The van der Waals surface area contributed by atoms with Crippen molar-refractivity contribution in [2.24, 2.45) is 0 Å². The van der Waals surface area contributed by atoms with Crippen molar-refractivity contribution in [3.05, 3.63) is 29.8 Å². The predicted octanol–water partition coefficient (Wildman–Crippen LogP) is 2.38.